The first-order valence-corrected chi connectivity index (χ1v) is 7.22. The molecule has 0 saturated heterocycles. The van der Waals surface area contributed by atoms with Crippen LogP contribution in [0.5, 0.6) is 0 Å². The van der Waals surface area contributed by atoms with Crippen LogP contribution in [-0.2, 0) is 0 Å². The van der Waals surface area contributed by atoms with Crippen LogP contribution in [0.1, 0.15) is 51.8 Å². The second kappa shape index (κ2) is 8.59. The summed E-state index contributed by atoms with van der Waals surface area (Å²) in [5.74, 6) is -0.468. The molecule has 0 aliphatic carbocycles. The zero-order valence-corrected chi connectivity index (χ0v) is 13.6. The fourth-order valence-corrected chi connectivity index (χ4v) is 1.85. The summed E-state index contributed by atoms with van der Waals surface area (Å²) >= 11 is 0. The molecule has 23 heavy (non-hydrogen) atoms. The number of rotatable bonds is 7. The lowest BCUT2D eigenvalue weighted by molar-refractivity contribution is 0.101. The van der Waals surface area contributed by atoms with Crippen LogP contribution in [0.4, 0.5) is 0 Å². The molecule has 0 aliphatic heterocycles. The summed E-state index contributed by atoms with van der Waals surface area (Å²) in [4.78, 5) is 34.7. The molecule has 118 valence electrons. The highest BCUT2D eigenvalue weighted by atomic mass is 16.1. The van der Waals surface area contributed by atoms with E-state index in [1.54, 1.807) is 12.2 Å². The maximum atomic E-state index is 12.3. The predicted octanol–water partition coefficient (Wildman–Crippen LogP) is 4.52. The van der Waals surface area contributed by atoms with Gasteiger partial charge >= 0.3 is 0 Å². The van der Waals surface area contributed by atoms with E-state index in [0.29, 0.717) is 23.0 Å². The van der Waals surface area contributed by atoms with Gasteiger partial charge in [0.05, 0.1) is 0 Å². The molecule has 1 aromatic carbocycles. The van der Waals surface area contributed by atoms with Crippen LogP contribution >= 0.6 is 0 Å². The second-order valence-corrected chi connectivity index (χ2v) is 5.10. The molecular weight excluding hydrogens is 288 g/mol. The summed E-state index contributed by atoms with van der Waals surface area (Å²) in [6.07, 6.45) is 9.19. The van der Waals surface area contributed by atoms with Crippen molar-refractivity contribution in [1.82, 2.24) is 0 Å². The van der Waals surface area contributed by atoms with Crippen molar-refractivity contribution in [3.05, 3.63) is 83.0 Å². The van der Waals surface area contributed by atoms with E-state index in [1.165, 1.54) is 31.2 Å². The molecule has 0 spiro atoms. The minimum Gasteiger partial charge on any atom is -0.298 e. The number of hydrogen-bond donors (Lipinski definition) is 0. The predicted molar refractivity (Wildman–Crippen MR) is 93.0 cm³/mol. The molecule has 0 aliphatic rings. The van der Waals surface area contributed by atoms with E-state index >= 15 is 0 Å². The molecule has 1 aromatic rings. The van der Waals surface area contributed by atoms with Crippen LogP contribution in [0.3, 0.4) is 0 Å². The number of carbonyl (C=O) groups excluding carboxylic acids is 3. The molecule has 0 atom stereocenters. The Hall–Kier alpha value is -2.81. The minimum atomic E-state index is -0.276. The number of carbonyl (C=O) groups is 3. The van der Waals surface area contributed by atoms with Gasteiger partial charge in [-0.25, -0.2) is 0 Å². The second-order valence-electron chi connectivity index (χ2n) is 5.10. The molecule has 3 nitrogen and oxygen atoms in total. The maximum Gasteiger partial charge on any atom is 0.185 e. The Balaban J connectivity index is 3.15. The van der Waals surface area contributed by atoms with Crippen LogP contribution in [0.2, 0.25) is 0 Å². The third kappa shape index (κ3) is 5.47. The molecule has 0 aromatic heterocycles. The van der Waals surface area contributed by atoms with Crippen LogP contribution in [0, 0.1) is 0 Å². The Labute approximate surface area is 136 Å². The summed E-state index contributed by atoms with van der Waals surface area (Å²) in [5.41, 5.74) is 2.81. The van der Waals surface area contributed by atoms with Gasteiger partial charge in [-0.15, -0.1) is 0 Å². The first-order valence-electron chi connectivity index (χ1n) is 7.22. The third-order valence-corrected chi connectivity index (χ3v) is 3.30. The summed E-state index contributed by atoms with van der Waals surface area (Å²) in [5, 5.41) is 0. The van der Waals surface area contributed by atoms with Gasteiger partial charge in [0.25, 0.3) is 0 Å². The highest BCUT2D eigenvalue weighted by Crippen LogP contribution is 2.12. The van der Waals surface area contributed by atoms with Crippen molar-refractivity contribution in [3.63, 3.8) is 0 Å². The smallest absolute Gasteiger partial charge is 0.185 e. The van der Waals surface area contributed by atoms with Gasteiger partial charge < -0.3 is 0 Å². The molecule has 0 bridgehead atoms. The average Bonchev–Trinajstić information content (AvgIpc) is 2.57. The third-order valence-electron chi connectivity index (χ3n) is 3.30. The molecule has 0 N–H and O–H groups in total. The van der Waals surface area contributed by atoms with Crippen molar-refractivity contribution in [1.29, 1.82) is 0 Å². The first kappa shape index (κ1) is 18.2. The zero-order chi connectivity index (χ0) is 17.4. The highest BCUT2D eigenvalue weighted by Gasteiger charge is 2.09. The van der Waals surface area contributed by atoms with Gasteiger partial charge in [0.1, 0.15) is 6.29 Å². The van der Waals surface area contributed by atoms with Crippen molar-refractivity contribution in [2.45, 2.75) is 20.8 Å². The molecule has 0 amide bonds. The van der Waals surface area contributed by atoms with Gasteiger partial charge in [-0.2, -0.15) is 0 Å². The number of hydrogen-bond acceptors (Lipinski definition) is 3. The fourth-order valence-electron chi connectivity index (χ4n) is 1.85. The van der Waals surface area contributed by atoms with E-state index < -0.39 is 0 Å². The fraction of sp³-hybridized carbons (Fsp3) is 0.150. The topological polar surface area (TPSA) is 51.2 Å². The summed E-state index contributed by atoms with van der Waals surface area (Å²) in [6.45, 7) is 8.99. The normalized spacial score (nSPS) is 12.3. The lowest BCUT2D eigenvalue weighted by Gasteiger charge is -2.02. The SMILES string of the molecule is C=CC(/C=C/C(=O)c1cc(C=O)cc(C(C)=O)c1)=C\C(C)=C/C. The van der Waals surface area contributed by atoms with Gasteiger partial charge in [-0.05, 0) is 50.6 Å². The number of allylic oxidation sites excluding steroid dienone is 7. The van der Waals surface area contributed by atoms with Gasteiger partial charge in [0.15, 0.2) is 11.6 Å². The van der Waals surface area contributed by atoms with E-state index in [-0.39, 0.29) is 11.6 Å². The van der Waals surface area contributed by atoms with Crippen LogP contribution in [0.25, 0.3) is 0 Å². The monoisotopic (exact) mass is 308 g/mol. The quantitative estimate of drug-likeness (QED) is 0.322. The number of ketones is 2. The minimum absolute atomic E-state index is 0.192. The van der Waals surface area contributed by atoms with Crippen LogP contribution in [-0.4, -0.2) is 17.9 Å². The Morgan fingerprint density at radius 3 is 2.22 bits per heavy atom. The molecular formula is C20H20O3. The Kier molecular flexibility index (Phi) is 6.81. The Morgan fingerprint density at radius 1 is 1.04 bits per heavy atom. The van der Waals surface area contributed by atoms with Gasteiger partial charge in [0, 0.05) is 16.7 Å². The lowest BCUT2D eigenvalue weighted by Crippen LogP contribution is -2.01. The molecule has 3 heteroatoms. The Morgan fingerprint density at radius 2 is 1.70 bits per heavy atom. The van der Waals surface area contributed by atoms with E-state index in [4.69, 9.17) is 0 Å². The van der Waals surface area contributed by atoms with Gasteiger partial charge in [-0.1, -0.05) is 36.5 Å². The number of benzene rings is 1. The molecule has 0 saturated carbocycles. The summed E-state index contributed by atoms with van der Waals surface area (Å²) < 4.78 is 0. The van der Waals surface area contributed by atoms with E-state index in [0.717, 1.165) is 11.1 Å². The van der Waals surface area contributed by atoms with Crippen molar-refractivity contribution in [2.24, 2.45) is 0 Å². The summed E-state index contributed by atoms with van der Waals surface area (Å²) in [7, 11) is 0. The van der Waals surface area contributed by atoms with Crippen molar-refractivity contribution in [2.75, 3.05) is 0 Å². The van der Waals surface area contributed by atoms with Crippen LogP contribution < -0.4 is 0 Å². The van der Waals surface area contributed by atoms with Crippen molar-refractivity contribution >= 4 is 17.9 Å². The van der Waals surface area contributed by atoms with E-state index in [1.807, 2.05) is 26.0 Å². The molecule has 0 fully saturated rings. The Bertz CT molecular complexity index is 731. The highest BCUT2D eigenvalue weighted by molar-refractivity contribution is 6.07. The number of aldehydes is 1. The van der Waals surface area contributed by atoms with Crippen molar-refractivity contribution < 1.29 is 14.4 Å². The zero-order valence-electron chi connectivity index (χ0n) is 13.6. The van der Waals surface area contributed by atoms with E-state index in [2.05, 4.69) is 6.58 Å². The molecule has 0 heterocycles. The van der Waals surface area contributed by atoms with Gasteiger partial charge in [-0.3, -0.25) is 14.4 Å². The lowest BCUT2D eigenvalue weighted by atomic mass is 10.0. The van der Waals surface area contributed by atoms with Crippen molar-refractivity contribution in [3.8, 4) is 0 Å². The summed E-state index contributed by atoms with van der Waals surface area (Å²) in [6, 6.07) is 4.44. The van der Waals surface area contributed by atoms with Crippen LogP contribution in [0.15, 0.2) is 66.3 Å². The number of Topliss-reactive ketones (excluding diaryl/α,β-unsaturated/α-hetero) is 1. The van der Waals surface area contributed by atoms with Gasteiger partial charge in [0.2, 0.25) is 0 Å². The standard InChI is InChI=1S/C20H20O3/c1-5-14(3)9-16(6-2)7-8-20(23)19-11-17(13-21)10-18(12-19)15(4)22/h5-13H,2H2,1,3-4H3/b8-7+,14-5-,16-9+. The van der Waals surface area contributed by atoms with E-state index in [9.17, 15) is 14.4 Å². The first-order chi connectivity index (χ1) is 10.9. The largest absolute Gasteiger partial charge is 0.298 e. The molecule has 1 rings (SSSR count). The average molecular weight is 308 g/mol. The molecule has 0 unspecified atom stereocenters. The molecule has 0 radical (unpaired) electrons. The maximum absolute atomic E-state index is 12.3.